The molecule has 2 heterocycles. The van der Waals surface area contributed by atoms with Crippen molar-refractivity contribution in [1.29, 1.82) is 0 Å². The molecular weight excluding hydrogens is 330 g/mol. The Morgan fingerprint density at radius 2 is 2.25 bits per heavy atom. The van der Waals surface area contributed by atoms with Gasteiger partial charge < -0.3 is 14.8 Å². The van der Waals surface area contributed by atoms with Crippen molar-refractivity contribution in [2.75, 3.05) is 19.8 Å². The van der Waals surface area contributed by atoms with Crippen LogP contribution in [0.4, 0.5) is 0 Å². The maximum Gasteiger partial charge on any atom is 0.242 e. The average molecular weight is 356 g/mol. The fourth-order valence-corrected chi connectivity index (χ4v) is 2.74. The Bertz CT molecular complexity index is 608. The van der Waals surface area contributed by atoms with E-state index in [2.05, 4.69) is 10.4 Å². The molecule has 7 heteroatoms. The first-order valence-corrected chi connectivity index (χ1v) is 8.58. The predicted octanol–water partition coefficient (Wildman–Crippen LogP) is 2.41. The van der Waals surface area contributed by atoms with Crippen molar-refractivity contribution < 1.29 is 14.3 Å². The van der Waals surface area contributed by atoms with Gasteiger partial charge in [0.1, 0.15) is 6.54 Å². The molecule has 0 saturated carbocycles. The van der Waals surface area contributed by atoms with E-state index in [1.54, 1.807) is 4.68 Å². The van der Waals surface area contributed by atoms with Gasteiger partial charge in [0.05, 0.1) is 41.8 Å². The number of rotatable bonds is 6. The Labute approximate surface area is 148 Å². The molecule has 0 bridgehead atoms. The van der Waals surface area contributed by atoms with Gasteiger partial charge >= 0.3 is 0 Å². The van der Waals surface area contributed by atoms with Crippen LogP contribution in [0.15, 0.2) is 11.6 Å². The average Bonchev–Trinajstić information content (AvgIpc) is 2.76. The topological polar surface area (TPSA) is 65.4 Å². The molecule has 1 saturated heterocycles. The minimum Gasteiger partial charge on any atom is -0.379 e. The highest BCUT2D eigenvalue weighted by molar-refractivity contribution is 6.31. The Morgan fingerprint density at radius 3 is 2.88 bits per heavy atom. The molecule has 0 aromatic carbocycles. The number of aryl methyl sites for hydroxylation is 1. The lowest BCUT2D eigenvalue weighted by atomic mass is 10.1. The fourth-order valence-electron chi connectivity index (χ4n) is 2.61. The Morgan fingerprint density at radius 1 is 1.50 bits per heavy atom. The summed E-state index contributed by atoms with van der Waals surface area (Å²) in [4.78, 5) is 12.3. The number of halogens is 1. The zero-order chi connectivity index (χ0) is 17.7. The van der Waals surface area contributed by atoms with Crippen LogP contribution < -0.4 is 5.32 Å². The molecule has 1 N–H and O–H groups in total. The second-order valence-corrected chi connectivity index (χ2v) is 6.71. The number of carbonyl (C=O) groups is 1. The quantitative estimate of drug-likeness (QED) is 0.796. The van der Waals surface area contributed by atoms with Gasteiger partial charge in [0.2, 0.25) is 5.91 Å². The molecule has 24 heavy (non-hydrogen) atoms. The molecule has 0 spiro atoms. The molecule has 1 aliphatic rings. The van der Waals surface area contributed by atoms with E-state index in [0.29, 0.717) is 24.8 Å². The first kappa shape index (κ1) is 19.0. The Hall–Kier alpha value is -1.37. The molecule has 134 valence electrons. The van der Waals surface area contributed by atoms with E-state index < -0.39 is 0 Å². The zero-order valence-electron chi connectivity index (χ0n) is 14.8. The maximum atomic E-state index is 12.3. The summed E-state index contributed by atoms with van der Waals surface area (Å²) in [5.74, 6) is -0.122. The van der Waals surface area contributed by atoms with Gasteiger partial charge in [0.25, 0.3) is 0 Å². The number of amides is 1. The van der Waals surface area contributed by atoms with Crippen LogP contribution in [0.5, 0.6) is 0 Å². The summed E-state index contributed by atoms with van der Waals surface area (Å²) < 4.78 is 13.0. The highest BCUT2D eigenvalue weighted by atomic mass is 35.5. The van der Waals surface area contributed by atoms with Crippen LogP contribution >= 0.6 is 11.6 Å². The van der Waals surface area contributed by atoms with Crippen molar-refractivity contribution >= 4 is 17.5 Å². The Balaban J connectivity index is 1.92. The van der Waals surface area contributed by atoms with E-state index in [1.165, 1.54) is 5.57 Å². The number of ether oxygens (including phenoxy) is 2. The number of nitrogens with one attached hydrogen (secondary N) is 1. The molecule has 1 aliphatic heterocycles. The minimum atomic E-state index is -0.149. The minimum absolute atomic E-state index is 0.0395. The van der Waals surface area contributed by atoms with Crippen LogP contribution in [0.25, 0.3) is 0 Å². The summed E-state index contributed by atoms with van der Waals surface area (Å²) in [6, 6.07) is -0.149. The molecule has 0 unspecified atom stereocenters. The van der Waals surface area contributed by atoms with Crippen molar-refractivity contribution in [2.24, 2.45) is 0 Å². The third-order valence-electron chi connectivity index (χ3n) is 4.03. The van der Waals surface area contributed by atoms with Gasteiger partial charge in [-0.3, -0.25) is 9.48 Å². The zero-order valence-corrected chi connectivity index (χ0v) is 15.5. The molecule has 2 rings (SSSR count). The second kappa shape index (κ2) is 8.65. The largest absolute Gasteiger partial charge is 0.379 e. The van der Waals surface area contributed by atoms with E-state index in [-0.39, 0.29) is 24.6 Å². The summed E-state index contributed by atoms with van der Waals surface area (Å²) in [7, 11) is 0. The van der Waals surface area contributed by atoms with E-state index in [0.717, 1.165) is 17.8 Å². The summed E-state index contributed by atoms with van der Waals surface area (Å²) in [5, 5.41) is 7.89. The Kier molecular flexibility index (Phi) is 6.83. The number of hydrogen-bond donors (Lipinski definition) is 1. The second-order valence-electron chi connectivity index (χ2n) is 6.33. The third-order valence-corrected chi connectivity index (χ3v) is 4.57. The van der Waals surface area contributed by atoms with Gasteiger partial charge in [0.15, 0.2) is 0 Å². The maximum absolute atomic E-state index is 12.3. The fraction of sp³-hybridized carbons (Fsp3) is 0.647. The van der Waals surface area contributed by atoms with Crippen LogP contribution in [0, 0.1) is 13.8 Å². The highest BCUT2D eigenvalue weighted by Crippen LogP contribution is 2.19. The van der Waals surface area contributed by atoms with Crippen molar-refractivity contribution in [3.05, 3.63) is 28.1 Å². The molecule has 1 aromatic heterocycles. The number of carbonyl (C=O) groups excluding carboxylic acids is 1. The third kappa shape index (κ3) is 5.06. The molecule has 1 aromatic rings. The lowest BCUT2D eigenvalue weighted by Gasteiger charge is -2.31. The van der Waals surface area contributed by atoms with Crippen molar-refractivity contribution in [2.45, 2.75) is 52.8 Å². The van der Waals surface area contributed by atoms with E-state index in [4.69, 9.17) is 21.1 Å². The summed E-state index contributed by atoms with van der Waals surface area (Å²) in [6.45, 7) is 9.54. The molecular formula is C17H26ClN3O3. The first-order chi connectivity index (χ1) is 11.4. The van der Waals surface area contributed by atoms with E-state index in [1.807, 2.05) is 33.8 Å². The van der Waals surface area contributed by atoms with Crippen molar-refractivity contribution in [3.8, 4) is 0 Å². The normalized spacial score (nSPS) is 20.7. The molecule has 1 amide bonds. The van der Waals surface area contributed by atoms with Gasteiger partial charge in [-0.05, 0) is 34.1 Å². The van der Waals surface area contributed by atoms with E-state index >= 15 is 0 Å². The number of hydrogen-bond acceptors (Lipinski definition) is 4. The van der Waals surface area contributed by atoms with Gasteiger partial charge in [0, 0.05) is 6.61 Å². The summed E-state index contributed by atoms with van der Waals surface area (Å²) >= 11 is 6.12. The van der Waals surface area contributed by atoms with Crippen LogP contribution in [-0.4, -0.2) is 47.7 Å². The summed E-state index contributed by atoms with van der Waals surface area (Å²) in [6.07, 6.45) is 2.77. The van der Waals surface area contributed by atoms with Gasteiger partial charge in [-0.1, -0.05) is 23.3 Å². The van der Waals surface area contributed by atoms with Crippen LogP contribution in [0.3, 0.4) is 0 Å². The first-order valence-electron chi connectivity index (χ1n) is 8.20. The van der Waals surface area contributed by atoms with Gasteiger partial charge in [-0.2, -0.15) is 5.10 Å². The monoisotopic (exact) mass is 355 g/mol. The van der Waals surface area contributed by atoms with Crippen molar-refractivity contribution in [1.82, 2.24) is 15.1 Å². The molecule has 6 nitrogen and oxygen atoms in total. The van der Waals surface area contributed by atoms with Crippen molar-refractivity contribution in [3.63, 3.8) is 0 Å². The standard InChI is InChI=1S/C17H26ClN3O3/c1-11(2)5-8-24-15-6-7-23-10-14(15)19-16(22)9-21-13(4)17(18)12(3)20-21/h5,14-15H,6-10H2,1-4H3,(H,19,22)/t14-,15+/m1/s1. The number of aromatic nitrogens is 2. The molecule has 0 aliphatic carbocycles. The summed E-state index contributed by atoms with van der Waals surface area (Å²) in [5.41, 5.74) is 2.73. The number of allylic oxidation sites excluding steroid dienone is 1. The van der Waals surface area contributed by atoms with Crippen LogP contribution in [0.2, 0.25) is 5.02 Å². The van der Waals surface area contributed by atoms with Crippen LogP contribution in [0.1, 0.15) is 31.7 Å². The number of nitrogens with zero attached hydrogens (tertiary/aromatic N) is 2. The SMILES string of the molecule is CC(C)=CCO[C@H]1CCOC[C@H]1NC(=O)Cn1nc(C)c(Cl)c1C. The van der Waals surface area contributed by atoms with Gasteiger partial charge in [-0.25, -0.2) is 0 Å². The molecule has 1 fully saturated rings. The molecule has 2 atom stereocenters. The lowest BCUT2D eigenvalue weighted by molar-refractivity contribution is -0.126. The smallest absolute Gasteiger partial charge is 0.242 e. The molecule has 0 radical (unpaired) electrons. The highest BCUT2D eigenvalue weighted by Gasteiger charge is 2.28. The van der Waals surface area contributed by atoms with Gasteiger partial charge in [-0.15, -0.1) is 0 Å². The lowest BCUT2D eigenvalue weighted by Crippen LogP contribution is -2.51. The van der Waals surface area contributed by atoms with Crippen LogP contribution in [-0.2, 0) is 20.8 Å². The predicted molar refractivity (Wildman–Crippen MR) is 93.2 cm³/mol. The van der Waals surface area contributed by atoms with E-state index in [9.17, 15) is 4.79 Å².